The minimum atomic E-state index is -0.670. The standard InChI is InChI=1S/C10H11ClFNO2/c1-15-6-4-7(9(14)2-3-13)10(11)8(12)5-6/h4-5H,2-3,13H2,1H3. The largest absolute Gasteiger partial charge is 0.497 e. The number of carbonyl (C=O) groups excluding carboxylic acids is 1. The number of nitrogens with two attached hydrogens (primary N) is 1. The summed E-state index contributed by atoms with van der Waals surface area (Å²) in [5.74, 6) is -0.700. The molecular formula is C10H11ClFNO2. The van der Waals surface area contributed by atoms with Crippen molar-refractivity contribution < 1.29 is 13.9 Å². The molecule has 1 rings (SSSR count). The number of ether oxygens (including phenoxy) is 1. The number of ketones is 1. The van der Waals surface area contributed by atoms with Crippen LogP contribution in [0.5, 0.6) is 5.75 Å². The fourth-order valence-electron chi connectivity index (χ4n) is 1.15. The van der Waals surface area contributed by atoms with E-state index >= 15 is 0 Å². The third kappa shape index (κ3) is 2.67. The van der Waals surface area contributed by atoms with E-state index in [1.807, 2.05) is 0 Å². The number of rotatable bonds is 4. The van der Waals surface area contributed by atoms with Crippen LogP contribution in [0.3, 0.4) is 0 Å². The molecule has 0 unspecified atom stereocenters. The lowest BCUT2D eigenvalue weighted by Crippen LogP contribution is -2.09. The first-order valence-electron chi connectivity index (χ1n) is 4.36. The van der Waals surface area contributed by atoms with E-state index < -0.39 is 5.82 Å². The van der Waals surface area contributed by atoms with Crippen LogP contribution in [0, 0.1) is 5.82 Å². The Morgan fingerprint density at radius 2 is 2.27 bits per heavy atom. The Kier molecular flexibility index (Phi) is 4.05. The van der Waals surface area contributed by atoms with Gasteiger partial charge < -0.3 is 10.5 Å². The molecule has 0 bridgehead atoms. The van der Waals surface area contributed by atoms with Gasteiger partial charge in [-0.05, 0) is 12.6 Å². The zero-order valence-electron chi connectivity index (χ0n) is 8.22. The third-order valence-electron chi connectivity index (χ3n) is 1.91. The molecule has 15 heavy (non-hydrogen) atoms. The lowest BCUT2D eigenvalue weighted by Gasteiger charge is -2.06. The van der Waals surface area contributed by atoms with Gasteiger partial charge in [0.25, 0.3) is 0 Å². The van der Waals surface area contributed by atoms with Crippen LogP contribution in [-0.2, 0) is 0 Å². The highest BCUT2D eigenvalue weighted by Crippen LogP contribution is 2.26. The summed E-state index contributed by atoms with van der Waals surface area (Å²) in [5.41, 5.74) is 5.35. The molecule has 0 amide bonds. The Morgan fingerprint density at radius 1 is 1.60 bits per heavy atom. The van der Waals surface area contributed by atoms with E-state index in [1.165, 1.54) is 13.2 Å². The smallest absolute Gasteiger partial charge is 0.165 e. The molecular weight excluding hydrogens is 221 g/mol. The predicted molar refractivity (Wildman–Crippen MR) is 56.0 cm³/mol. The molecule has 1 aromatic rings. The summed E-state index contributed by atoms with van der Waals surface area (Å²) in [7, 11) is 1.39. The van der Waals surface area contributed by atoms with E-state index in [0.29, 0.717) is 0 Å². The van der Waals surface area contributed by atoms with Crippen molar-refractivity contribution in [2.45, 2.75) is 6.42 Å². The molecule has 0 heterocycles. The minimum absolute atomic E-state index is 0.110. The highest BCUT2D eigenvalue weighted by atomic mass is 35.5. The molecule has 0 atom stereocenters. The van der Waals surface area contributed by atoms with Crippen LogP contribution in [0.25, 0.3) is 0 Å². The highest BCUT2D eigenvalue weighted by Gasteiger charge is 2.15. The van der Waals surface area contributed by atoms with Gasteiger partial charge in [-0.1, -0.05) is 11.6 Å². The van der Waals surface area contributed by atoms with E-state index in [9.17, 15) is 9.18 Å². The van der Waals surface area contributed by atoms with Crippen molar-refractivity contribution in [3.63, 3.8) is 0 Å². The van der Waals surface area contributed by atoms with Crippen molar-refractivity contribution in [2.75, 3.05) is 13.7 Å². The van der Waals surface area contributed by atoms with Gasteiger partial charge in [-0.2, -0.15) is 0 Å². The molecule has 0 radical (unpaired) electrons. The Morgan fingerprint density at radius 3 is 2.80 bits per heavy atom. The second kappa shape index (κ2) is 5.09. The summed E-state index contributed by atoms with van der Waals surface area (Å²) in [5, 5.41) is -0.186. The van der Waals surface area contributed by atoms with Crippen LogP contribution in [0.2, 0.25) is 5.02 Å². The Hall–Kier alpha value is -1.13. The second-order valence-corrected chi connectivity index (χ2v) is 3.31. The van der Waals surface area contributed by atoms with Crippen LogP contribution in [0.4, 0.5) is 4.39 Å². The molecule has 0 aliphatic rings. The van der Waals surface area contributed by atoms with Crippen molar-refractivity contribution in [3.05, 3.63) is 28.5 Å². The normalized spacial score (nSPS) is 10.1. The number of carbonyl (C=O) groups is 1. The summed E-state index contributed by atoms with van der Waals surface area (Å²) in [6.45, 7) is 0.202. The maximum atomic E-state index is 13.2. The van der Waals surface area contributed by atoms with E-state index in [-0.39, 0.29) is 35.1 Å². The third-order valence-corrected chi connectivity index (χ3v) is 2.29. The van der Waals surface area contributed by atoms with Gasteiger partial charge in [0.2, 0.25) is 0 Å². The maximum Gasteiger partial charge on any atom is 0.165 e. The van der Waals surface area contributed by atoms with Gasteiger partial charge in [0.1, 0.15) is 11.6 Å². The molecule has 0 fully saturated rings. The average Bonchev–Trinajstić information content (AvgIpc) is 2.22. The number of halogens is 2. The van der Waals surface area contributed by atoms with Gasteiger partial charge in [0.05, 0.1) is 12.1 Å². The van der Waals surface area contributed by atoms with Crippen LogP contribution in [0.1, 0.15) is 16.8 Å². The number of methoxy groups -OCH3 is 1. The molecule has 0 aliphatic heterocycles. The van der Waals surface area contributed by atoms with Crippen molar-refractivity contribution in [3.8, 4) is 5.75 Å². The first kappa shape index (κ1) is 11.9. The average molecular weight is 232 g/mol. The van der Waals surface area contributed by atoms with Crippen molar-refractivity contribution >= 4 is 17.4 Å². The molecule has 0 saturated heterocycles. The van der Waals surface area contributed by atoms with Gasteiger partial charge in [0.15, 0.2) is 5.78 Å². The lowest BCUT2D eigenvalue weighted by molar-refractivity contribution is 0.0985. The van der Waals surface area contributed by atoms with Crippen LogP contribution < -0.4 is 10.5 Å². The van der Waals surface area contributed by atoms with E-state index in [2.05, 4.69) is 0 Å². The number of hydrogen-bond acceptors (Lipinski definition) is 3. The molecule has 0 saturated carbocycles. The molecule has 1 aromatic carbocycles. The van der Waals surface area contributed by atoms with Crippen LogP contribution >= 0.6 is 11.6 Å². The SMILES string of the molecule is COc1cc(F)c(Cl)c(C(=O)CCN)c1. The Balaban J connectivity index is 3.15. The predicted octanol–water partition coefficient (Wildman–Crippen LogP) is 2.02. The van der Waals surface area contributed by atoms with Crippen molar-refractivity contribution in [1.29, 1.82) is 0 Å². The number of benzene rings is 1. The topological polar surface area (TPSA) is 52.3 Å². The molecule has 3 nitrogen and oxygen atoms in total. The van der Waals surface area contributed by atoms with Crippen molar-refractivity contribution in [2.24, 2.45) is 5.73 Å². The summed E-state index contributed by atoms with van der Waals surface area (Å²) in [6.07, 6.45) is 0.131. The molecule has 82 valence electrons. The summed E-state index contributed by atoms with van der Waals surface area (Å²) in [6, 6.07) is 2.53. The first-order valence-corrected chi connectivity index (χ1v) is 4.74. The zero-order valence-corrected chi connectivity index (χ0v) is 8.97. The first-order chi connectivity index (χ1) is 7.10. The molecule has 0 spiro atoms. The lowest BCUT2D eigenvalue weighted by atomic mass is 10.1. The summed E-state index contributed by atoms with van der Waals surface area (Å²) >= 11 is 5.66. The maximum absolute atomic E-state index is 13.2. The fourth-order valence-corrected chi connectivity index (χ4v) is 1.37. The van der Waals surface area contributed by atoms with Gasteiger partial charge in [-0.3, -0.25) is 4.79 Å². The summed E-state index contributed by atoms with van der Waals surface area (Å²) in [4.78, 5) is 11.5. The van der Waals surface area contributed by atoms with E-state index in [4.69, 9.17) is 22.1 Å². The Bertz CT molecular complexity index is 382. The van der Waals surface area contributed by atoms with Gasteiger partial charge >= 0.3 is 0 Å². The van der Waals surface area contributed by atoms with E-state index in [1.54, 1.807) is 0 Å². The van der Waals surface area contributed by atoms with Gasteiger partial charge in [-0.25, -0.2) is 4.39 Å². The van der Waals surface area contributed by atoms with Crippen LogP contribution in [-0.4, -0.2) is 19.4 Å². The highest BCUT2D eigenvalue weighted by molar-refractivity contribution is 6.34. The second-order valence-electron chi connectivity index (χ2n) is 2.93. The quantitative estimate of drug-likeness (QED) is 0.807. The molecule has 5 heteroatoms. The zero-order chi connectivity index (χ0) is 11.4. The monoisotopic (exact) mass is 231 g/mol. The van der Waals surface area contributed by atoms with Gasteiger partial charge in [0, 0.05) is 18.1 Å². The van der Waals surface area contributed by atoms with Crippen molar-refractivity contribution in [1.82, 2.24) is 0 Å². The van der Waals surface area contributed by atoms with Crippen LogP contribution in [0.15, 0.2) is 12.1 Å². The van der Waals surface area contributed by atoms with E-state index in [0.717, 1.165) is 6.07 Å². The number of hydrogen-bond donors (Lipinski definition) is 1. The molecule has 0 aliphatic carbocycles. The number of Topliss-reactive ketones (excluding diaryl/α,β-unsaturated/α-hetero) is 1. The Labute approximate surface area is 92.0 Å². The summed E-state index contributed by atoms with van der Waals surface area (Å²) < 4.78 is 18.1. The van der Waals surface area contributed by atoms with Gasteiger partial charge in [-0.15, -0.1) is 0 Å². The molecule has 0 aromatic heterocycles. The minimum Gasteiger partial charge on any atom is -0.497 e. The molecule has 2 N–H and O–H groups in total. The fraction of sp³-hybridized carbons (Fsp3) is 0.300.